The first kappa shape index (κ1) is 24.4. The molecule has 4 aromatic rings. The Bertz CT molecular complexity index is 1310. The second kappa shape index (κ2) is 11.7. The summed E-state index contributed by atoms with van der Waals surface area (Å²) in [5, 5.41) is 24.1. The Morgan fingerprint density at radius 3 is 2.76 bits per heavy atom. The Morgan fingerprint density at radius 1 is 1.08 bits per heavy atom. The van der Waals surface area contributed by atoms with E-state index >= 15 is 0 Å². The summed E-state index contributed by atoms with van der Waals surface area (Å²) in [4.78, 5) is 21.8. The number of hydrogen-bond donors (Lipinski definition) is 5. The number of nitrogens with zero attached hydrogens (tertiary/aromatic N) is 4. The van der Waals surface area contributed by atoms with Crippen LogP contribution in [0.2, 0.25) is 0 Å². The molecule has 0 bridgehead atoms. The van der Waals surface area contributed by atoms with Crippen LogP contribution in [0.3, 0.4) is 0 Å². The summed E-state index contributed by atoms with van der Waals surface area (Å²) in [6.45, 7) is 4.65. The van der Waals surface area contributed by atoms with E-state index in [1.165, 1.54) is 12.8 Å². The predicted octanol–water partition coefficient (Wildman–Crippen LogP) is 3.82. The van der Waals surface area contributed by atoms with Crippen molar-refractivity contribution in [3.05, 3.63) is 65.7 Å². The number of rotatable bonds is 13. The lowest BCUT2D eigenvalue weighted by Gasteiger charge is -2.10. The molecule has 0 spiro atoms. The lowest BCUT2D eigenvalue weighted by atomic mass is 10.1. The van der Waals surface area contributed by atoms with Crippen molar-refractivity contribution in [2.45, 2.75) is 38.6 Å². The van der Waals surface area contributed by atoms with E-state index in [0.717, 1.165) is 36.5 Å². The van der Waals surface area contributed by atoms with Gasteiger partial charge in [-0.3, -0.25) is 9.89 Å². The molecule has 0 unspecified atom stereocenters. The first-order chi connectivity index (χ1) is 18.2. The Morgan fingerprint density at radius 2 is 1.95 bits per heavy atom. The minimum Gasteiger partial charge on any atom is -0.359 e. The lowest BCUT2D eigenvalue weighted by Crippen LogP contribution is -2.28. The van der Waals surface area contributed by atoms with E-state index in [1.54, 1.807) is 6.07 Å². The molecule has 1 saturated carbocycles. The van der Waals surface area contributed by atoms with Crippen LogP contribution >= 0.6 is 0 Å². The monoisotopic (exact) mass is 501 g/mol. The molecule has 11 heteroatoms. The fourth-order valence-corrected chi connectivity index (χ4v) is 3.83. The van der Waals surface area contributed by atoms with Gasteiger partial charge in [0.05, 0.1) is 6.54 Å². The van der Waals surface area contributed by atoms with Crippen LogP contribution in [0, 0.1) is 0 Å². The number of benzene rings is 1. The average molecular weight is 502 g/mol. The number of carbonyl (C=O) groups excluding carboxylic acids is 1. The largest absolute Gasteiger partial charge is 0.359 e. The Labute approximate surface area is 214 Å². The molecule has 1 amide bonds. The highest BCUT2D eigenvalue weighted by Crippen LogP contribution is 2.39. The topological polar surface area (TPSA) is 146 Å². The number of hydrogen-bond acceptors (Lipinski definition) is 9. The number of aromatic nitrogens is 5. The molecule has 192 valence electrons. The van der Waals surface area contributed by atoms with Gasteiger partial charge < -0.3 is 25.8 Å². The van der Waals surface area contributed by atoms with Gasteiger partial charge in [-0.05, 0) is 32.4 Å². The first-order valence-electron chi connectivity index (χ1n) is 12.6. The van der Waals surface area contributed by atoms with Crippen molar-refractivity contribution in [3.63, 3.8) is 0 Å². The van der Waals surface area contributed by atoms with E-state index in [-0.39, 0.29) is 11.6 Å². The quantitative estimate of drug-likeness (QED) is 0.173. The average Bonchev–Trinajstić information content (AvgIpc) is 3.48. The Hall–Kier alpha value is -4.25. The molecule has 1 aliphatic rings. The van der Waals surface area contributed by atoms with Gasteiger partial charge in [-0.25, -0.2) is 4.98 Å². The lowest BCUT2D eigenvalue weighted by molar-refractivity contribution is 0.0948. The zero-order chi connectivity index (χ0) is 25.5. The normalized spacial score (nSPS) is 12.9. The Kier molecular flexibility index (Phi) is 7.70. The molecular weight excluding hydrogens is 470 g/mol. The number of nitrogens with one attached hydrogen (secondary N) is 5. The van der Waals surface area contributed by atoms with E-state index in [2.05, 4.69) is 53.5 Å². The first-order valence-corrected chi connectivity index (χ1v) is 12.6. The van der Waals surface area contributed by atoms with Crippen LogP contribution in [-0.2, 0) is 6.54 Å². The summed E-state index contributed by atoms with van der Waals surface area (Å²) in [5.74, 6) is 2.31. The third kappa shape index (κ3) is 6.70. The smallest absolute Gasteiger partial charge is 0.270 e. The number of anilines is 3. The second-order valence-electron chi connectivity index (χ2n) is 8.93. The molecule has 1 fully saturated rings. The zero-order valence-electron chi connectivity index (χ0n) is 20.8. The highest BCUT2D eigenvalue weighted by atomic mass is 16.5. The van der Waals surface area contributed by atoms with Crippen LogP contribution in [0.1, 0.15) is 54.0 Å². The van der Waals surface area contributed by atoms with Gasteiger partial charge >= 0.3 is 0 Å². The minimum atomic E-state index is -0.267. The third-order valence-corrected chi connectivity index (χ3v) is 5.94. The summed E-state index contributed by atoms with van der Waals surface area (Å²) in [6.07, 6.45) is 3.18. The molecule has 0 radical (unpaired) electrons. The van der Waals surface area contributed by atoms with Crippen molar-refractivity contribution in [2.24, 2.45) is 0 Å². The maximum Gasteiger partial charge on any atom is 0.270 e. The van der Waals surface area contributed by atoms with Crippen LogP contribution in [0.15, 0.2) is 53.1 Å². The standard InChI is InChI=1S/C26H31N9O2/c1-2-27-11-6-12-28-25(36)22-15-23(31-24-14-20(33-34-24)18-9-10-18)32-26(30-22)29-16-19-13-21(35-37-19)17-7-4-3-5-8-17/h3-5,7-8,13-15,18,27H,2,6,9-12,16H2,1H3,(H,28,36)(H3,29,30,31,32,33,34). The third-order valence-electron chi connectivity index (χ3n) is 5.94. The van der Waals surface area contributed by atoms with Crippen molar-refractivity contribution in [1.82, 2.24) is 36.0 Å². The van der Waals surface area contributed by atoms with E-state index in [9.17, 15) is 4.79 Å². The van der Waals surface area contributed by atoms with Crippen molar-refractivity contribution < 1.29 is 9.32 Å². The summed E-state index contributed by atoms with van der Waals surface area (Å²) in [5.41, 5.74) is 3.08. The molecule has 3 aromatic heterocycles. The van der Waals surface area contributed by atoms with Crippen LogP contribution in [0.25, 0.3) is 11.3 Å². The van der Waals surface area contributed by atoms with E-state index in [4.69, 9.17) is 4.52 Å². The van der Waals surface area contributed by atoms with Crippen LogP contribution in [0.5, 0.6) is 0 Å². The molecule has 0 aliphatic heterocycles. The van der Waals surface area contributed by atoms with Crippen LogP contribution in [-0.4, -0.2) is 50.9 Å². The molecule has 37 heavy (non-hydrogen) atoms. The molecule has 1 aromatic carbocycles. The van der Waals surface area contributed by atoms with E-state index in [0.29, 0.717) is 42.4 Å². The summed E-state index contributed by atoms with van der Waals surface area (Å²) >= 11 is 0. The molecule has 5 N–H and O–H groups in total. The highest BCUT2D eigenvalue weighted by Gasteiger charge is 2.25. The number of H-pyrrole nitrogens is 1. The molecule has 5 rings (SSSR count). The van der Waals surface area contributed by atoms with Gasteiger partial charge in [-0.2, -0.15) is 10.1 Å². The molecule has 11 nitrogen and oxygen atoms in total. The van der Waals surface area contributed by atoms with E-state index in [1.807, 2.05) is 42.5 Å². The number of aromatic amines is 1. The van der Waals surface area contributed by atoms with Gasteiger partial charge in [-0.15, -0.1) is 0 Å². The molecule has 0 saturated heterocycles. The predicted molar refractivity (Wildman–Crippen MR) is 141 cm³/mol. The molecular formula is C26H31N9O2. The maximum absolute atomic E-state index is 12.8. The van der Waals surface area contributed by atoms with Gasteiger partial charge in [0.25, 0.3) is 5.91 Å². The van der Waals surface area contributed by atoms with Crippen molar-refractivity contribution in [1.29, 1.82) is 0 Å². The maximum atomic E-state index is 12.8. The fourth-order valence-electron chi connectivity index (χ4n) is 3.83. The molecule has 3 heterocycles. The van der Waals surface area contributed by atoms with Crippen molar-refractivity contribution >= 4 is 23.5 Å². The zero-order valence-corrected chi connectivity index (χ0v) is 20.8. The van der Waals surface area contributed by atoms with Crippen LogP contribution in [0.4, 0.5) is 17.6 Å². The van der Waals surface area contributed by atoms with Gasteiger partial charge in [0.1, 0.15) is 17.2 Å². The van der Waals surface area contributed by atoms with E-state index < -0.39 is 0 Å². The fraction of sp³-hybridized carbons (Fsp3) is 0.346. The molecule has 0 atom stereocenters. The van der Waals surface area contributed by atoms with Gasteiger partial charge in [0.15, 0.2) is 11.6 Å². The number of carbonyl (C=O) groups is 1. The van der Waals surface area contributed by atoms with Gasteiger partial charge in [0, 0.05) is 41.9 Å². The van der Waals surface area contributed by atoms with Crippen LogP contribution < -0.4 is 21.3 Å². The van der Waals surface area contributed by atoms with Crippen molar-refractivity contribution in [2.75, 3.05) is 30.3 Å². The summed E-state index contributed by atoms with van der Waals surface area (Å²) in [7, 11) is 0. The summed E-state index contributed by atoms with van der Waals surface area (Å²) in [6, 6.07) is 15.3. The highest BCUT2D eigenvalue weighted by molar-refractivity contribution is 5.93. The Balaban J connectivity index is 1.29. The number of amides is 1. The SMILES string of the molecule is CCNCCCNC(=O)c1cc(Nc2cc(C3CC3)[nH]n2)nc(NCc2cc(-c3ccccc3)no2)n1. The van der Waals surface area contributed by atoms with Crippen molar-refractivity contribution in [3.8, 4) is 11.3 Å². The minimum absolute atomic E-state index is 0.254. The van der Waals surface area contributed by atoms with Gasteiger partial charge in [0.2, 0.25) is 5.95 Å². The molecule has 1 aliphatic carbocycles. The second-order valence-corrected chi connectivity index (χ2v) is 8.93. The summed E-state index contributed by atoms with van der Waals surface area (Å²) < 4.78 is 5.48. The van der Waals surface area contributed by atoms with Gasteiger partial charge in [-0.1, -0.05) is 42.4 Å².